The van der Waals surface area contributed by atoms with Crippen LogP contribution < -0.4 is 0 Å². The average Bonchev–Trinajstić information content (AvgIpc) is 2.69. The largest absolute Gasteiger partial charge is 0.507 e. The molecule has 1 unspecified atom stereocenters. The topological polar surface area (TPSA) is 20.2 Å². The summed E-state index contributed by atoms with van der Waals surface area (Å²) in [4.78, 5) is 0. The fourth-order valence-electron chi connectivity index (χ4n) is 5.14. The highest BCUT2D eigenvalue weighted by atomic mass is 32.1. The second-order valence-electron chi connectivity index (χ2n) is 12.4. The molecule has 0 bridgehead atoms. The highest BCUT2D eigenvalue weighted by Crippen LogP contribution is 2.45. The van der Waals surface area contributed by atoms with Crippen LogP contribution in [0.4, 0.5) is 0 Å². The van der Waals surface area contributed by atoms with Crippen molar-refractivity contribution in [1.29, 1.82) is 0 Å². The van der Waals surface area contributed by atoms with Gasteiger partial charge in [0.15, 0.2) is 0 Å². The van der Waals surface area contributed by atoms with Crippen LogP contribution in [0.5, 0.6) is 5.75 Å². The Morgan fingerprint density at radius 2 is 1.15 bits per heavy atom. The maximum Gasteiger partial charge on any atom is 0.123 e. The molecule has 0 amide bonds. The van der Waals surface area contributed by atoms with Gasteiger partial charge in [0.1, 0.15) is 5.75 Å². The summed E-state index contributed by atoms with van der Waals surface area (Å²) in [5.74, 6) is 0.484. The minimum Gasteiger partial charge on any atom is -0.507 e. The minimum atomic E-state index is -0.0901. The first-order valence-corrected chi connectivity index (χ1v) is 14.5. The van der Waals surface area contributed by atoms with E-state index in [-0.39, 0.29) is 16.1 Å². The first kappa shape index (κ1) is 30.4. The van der Waals surface area contributed by atoms with E-state index >= 15 is 0 Å². The first-order chi connectivity index (χ1) is 15.4. The Morgan fingerprint density at radius 3 is 1.55 bits per heavy atom. The van der Waals surface area contributed by atoms with Crippen molar-refractivity contribution < 1.29 is 5.11 Å². The van der Waals surface area contributed by atoms with Crippen LogP contribution in [0.25, 0.3) is 0 Å². The third-order valence-electron chi connectivity index (χ3n) is 7.10. The van der Waals surface area contributed by atoms with Crippen molar-refractivity contribution >= 4 is 12.6 Å². The summed E-state index contributed by atoms with van der Waals surface area (Å²) in [6.07, 6.45) is 19.1. The van der Waals surface area contributed by atoms with E-state index in [9.17, 15) is 5.11 Å². The van der Waals surface area contributed by atoms with Gasteiger partial charge in [0.2, 0.25) is 0 Å². The van der Waals surface area contributed by atoms with Crippen LogP contribution in [-0.2, 0) is 10.8 Å². The van der Waals surface area contributed by atoms with E-state index < -0.39 is 0 Å². The van der Waals surface area contributed by atoms with Gasteiger partial charge in [-0.25, -0.2) is 0 Å². The number of phenolic OH excluding ortho intramolecular Hbond substituents is 1. The molecule has 2 heteroatoms. The Labute approximate surface area is 213 Å². The Balaban J connectivity index is 2.49. The van der Waals surface area contributed by atoms with Gasteiger partial charge >= 0.3 is 0 Å². The summed E-state index contributed by atoms with van der Waals surface area (Å²) in [5.41, 5.74) is 4.50. The summed E-state index contributed by atoms with van der Waals surface area (Å²) in [7, 11) is 0. The van der Waals surface area contributed by atoms with Crippen molar-refractivity contribution in [3.8, 4) is 5.75 Å². The van der Waals surface area contributed by atoms with E-state index in [4.69, 9.17) is 12.6 Å². The van der Waals surface area contributed by atoms with Gasteiger partial charge in [-0.3, -0.25) is 0 Å². The molecule has 0 aliphatic heterocycles. The zero-order valence-corrected chi connectivity index (χ0v) is 24.3. The zero-order chi connectivity index (χ0) is 25.1. The van der Waals surface area contributed by atoms with E-state index in [1.54, 1.807) is 0 Å². The lowest BCUT2D eigenvalue weighted by molar-refractivity contribution is 0.421. The lowest BCUT2D eigenvalue weighted by atomic mass is 9.75. The molecule has 33 heavy (non-hydrogen) atoms. The van der Waals surface area contributed by atoms with Gasteiger partial charge in [-0.1, -0.05) is 138 Å². The molecule has 0 radical (unpaired) electrons. The molecule has 0 aliphatic carbocycles. The van der Waals surface area contributed by atoms with Crippen molar-refractivity contribution in [2.45, 2.75) is 161 Å². The molecule has 1 N–H and O–H groups in total. The second-order valence-corrected chi connectivity index (χ2v) is 13.0. The molecular formula is C31H56OS. The lowest BCUT2D eigenvalue weighted by Gasteiger charge is -2.31. The normalized spacial score (nSPS) is 13.5. The molecule has 0 heterocycles. The summed E-state index contributed by atoms with van der Waals surface area (Å²) < 4.78 is 0. The highest BCUT2D eigenvalue weighted by molar-refractivity contribution is 7.80. The SMILES string of the molecule is CCCCCCCCCCCCCCCC(S)c1cc(C(C)(C)C)c(O)c(C(C)(C)C)c1C. The maximum absolute atomic E-state index is 11.1. The van der Waals surface area contributed by atoms with Crippen molar-refractivity contribution in [2.24, 2.45) is 0 Å². The van der Waals surface area contributed by atoms with Gasteiger partial charge < -0.3 is 5.11 Å². The Hall–Kier alpha value is -0.630. The number of benzene rings is 1. The molecule has 1 aromatic rings. The molecule has 0 aromatic heterocycles. The smallest absolute Gasteiger partial charge is 0.123 e. The molecule has 0 spiro atoms. The summed E-state index contributed by atoms with van der Waals surface area (Å²) >= 11 is 5.04. The van der Waals surface area contributed by atoms with Crippen molar-refractivity contribution in [3.05, 3.63) is 28.3 Å². The van der Waals surface area contributed by atoms with Crippen molar-refractivity contribution in [1.82, 2.24) is 0 Å². The summed E-state index contributed by atoms with van der Waals surface area (Å²) in [6.45, 7) is 17.6. The van der Waals surface area contributed by atoms with E-state index in [0.717, 1.165) is 17.5 Å². The molecule has 1 atom stereocenters. The molecule has 0 aliphatic rings. The third kappa shape index (κ3) is 10.7. The van der Waals surface area contributed by atoms with Crippen LogP contribution in [0.1, 0.15) is 166 Å². The van der Waals surface area contributed by atoms with Crippen LogP contribution in [0.2, 0.25) is 0 Å². The Kier molecular flexibility index (Phi) is 13.5. The number of phenols is 1. The maximum atomic E-state index is 11.1. The van der Waals surface area contributed by atoms with Crippen LogP contribution >= 0.6 is 12.6 Å². The van der Waals surface area contributed by atoms with E-state index in [2.05, 4.69) is 61.5 Å². The van der Waals surface area contributed by atoms with Crippen LogP contribution in [-0.4, -0.2) is 5.11 Å². The Morgan fingerprint density at radius 1 is 0.727 bits per heavy atom. The van der Waals surface area contributed by atoms with E-state index in [0.29, 0.717) is 5.75 Å². The number of hydrogen-bond donors (Lipinski definition) is 2. The fourth-order valence-corrected chi connectivity index (χ4v) is 5.59. The molecule has 0 fully saturated rings. The van der Waals surface area contributed by atoms with Crippen molar-refractivity contribution in [3.63, 3.8) is 0 Å². The van der Waals surface area contributed by atoms with Crippen molar-refractivity contribution in [2.75, 3.05) is 0 Å². The van der Waals surface area contributed by atoms with Gasteiger partial charge in [0, 0.05) is 10.8 Å². The predicted octanol–water partition coefficient (Wildman–Crippen LogP) is 10.7. The minimum absolute atomic E-state index is 0.0878. The second kappa shape index (κ2) is 14.7. The molecule has 0 saturated heterocycles. The zero-order valence-electron chi connectivity index (χ0n) is 23.4. The molecular weight excluding hydrogens is 420 g/mol. The lowest BCUT2D eigenvalue weighted by Crippen LogP contribution is -2.20. The molecule has 192 valence electrons. The molecule has 1 nitrogen and oxygen atoms in total. The average molecular weight is 477 g/mol. The van der Waals surface area contributed by atoms with Crippen LogP contribution in [0.3, 0.4) is 0 Å². The molecule has 1 aromatic carbocycles. The van der Waals surface area contributed by atoms with E-state index in [1.807, 2.05) is 0 Å². The first-order valence-electron chi connectivity index (χ1n) is 14.0. The molecule has 1 rings (SSSR count). The highest BCUT2D eigenvalue weighted by Gasteiger charge is 2.30. The number of rotatable bonds is 15. The summed E-state index contributed by atoms with van der Waals surface area (Å²) in [5, 5.41) is 11.4. The van der Waals surface area contributed by atoms with Crippen LogP contribution in [0.15, 0.2) is 6.07 Å². The Bertz CT molecular complexity index is 678. The van der Waals surface area contributed by atoms with E-state index in [1.165, 1.54) is 94.6 Å². The molecule has 0 saturated carbocycles. The van der Waals surface area contributed by atoms with Gasteiger partial charge in [-0.15, -0.1) is 0 Å². The van der Waals surface area contributed by atoms with Gasteiger partial charge in [0.25, 0.3) is 0 Å². The number of aromatic hydroxyl groups is 1. The fraction of sp³-hybridized carbons (Fsp3) is 0.806. The van der Waals surface area contributed by atoms with Crippen LogP contribution in [0, 0.1) is 6.92 Å². The number of thiol groups is 1. The third-order valence-corrected chi connectivity index (χ3v) is 7.63. The quantitative estimate of drug-likeness (QED) is 0.190. The van der Waals surface area contributed by atoms with Gasteiger partial charge in [-0.2, -0.15) is 12.6 Å². The summed E-state index contributed by atoms with van der Waals surface area (Å²) in [6, 6.07) is 2.24. The standard InChI is InChI=1S/C31H56OS/c1-9-10-11-12-13-14-15-16-17-18-19-20-21-22-27(33)25-23-26(30(3,4)5)29(32)28(24(25)2)31(6,7)8/h23,27,32-33H,9-22H2,1-8H3. The van der Waals surface area contributed by atoms with Gasteiger partial charge in [-0.05, 0) is 40.9 Å². The predicted molar refractivity (Wildman–Crippen MR) is 152 cm³/mol. The number of unbranched alkanes of at least 4 members (excludes halogenated alkanes) is 12. The monoisotopic (exact) mass is 476 g/mol. The van der Waals surface area contributed by atoms with Gasteiger partial charge in [0.05, 0.1) is 0 Å². The number of hydrogen-bond acceptors (Lipinski definition) is 2.